The molecule has 0 aliphatic carbocycles. The second kappa shape index (κ2) is 10.3. The summed E-state index contributed by atoms with van der Waals surface area (Å²) in [5, 5.41) is 21.7. The highest BCUT2D eigenvalue weighted by atomic mass is 16.6. The molecule has 0 spiro atoms. The fourth-order valence-corrected chi connectivity index (χ4v) is 4.96. The van der Waals surface area contributed by atoms with Crippen LogP contribution in [0.4, 0.5) is 0 Å². The molecule has 0 aromatic carbocycles. The highest BCUT2D eigenvalue weighted by Crippen LogP contribution is 2.46. The quantitative estimate of drug-likeness (QED) is 0.498. The zero-order chi connectivity index (χ0) is 25.3. The number of epoxide rings is 1. The molecule has 7 nitrogen and oxygen atoms in total. The van der Waals surface area contributed by atoms with Gasteiger partial charge >= 0.3 is 5.97 Å². The van der Waals surface area contributed by atoms with Gasteiger partial charge in [0.1, 0.15) is 11.9 Å². The third-order valence-electron chi connectivity index (χ3n) is 7.66. The van der Waals surface area contributed by atoms with E-state index >= 15 is 0 Å². The van der Waals surface area contributed by atoms with Crippen molar-refractivity contribution in [2.75, 3.05) is 0 Å². The molecule has 1 aromatic rings. The zero-order valence-corrected chi connectivity index (χ0v) is 21.2. The van der Waals surface area contributed by atoms with Gasteiger partial charge in [-0.15, -0.1) is 0 Å². The van der Waals surface area contributed by atoms with E-state index in [-0.39, 0.29) is 24.2 Å². The molecular formula is C27H39NO6. The second-order valence-corrected chi connectivity index (χ2v) is 10.9. The number of rotatable bonds is 2. The molecule has 2 saturated heterocycles. The van der Waals surface area contributed by atoms with Crippen LogP contribution in [0.25, 0.3) is 6.08 Å². The number of aliphatic hydroxyl groups excluding tert-OH is 2. The number of Topliss-reactive ketones (excluding diaryl/α,β-unsaturated/α-hetero) is 1. The van der Waals surface area contributed by atoms with Crippen LogP contribution in [0.5, 0.6) is 0 Å². The summed E-state index contributed by atoms with van der Waals surface area (Å²) in [5.41, 5.74) is -0.114. The Labute approximate surface area is 202 Å². The van der Waals surface area contributed by atoms with Crippen LogP contribution < -0.4 is 0 Å². The van der Waals surface area contributed by atoms with Crippen LogP contribution in [0.15, 0.2) is 30.0 Å². The Bertz CT molecular complexity index is 913. The van der Waals surface area contributed by atoms with Gasteiger partial charge in [-0.2, -0.15) is 0 Å². The Morgan fingerprint density at radius 1 is 1.18 bits per heavy atom. The fraction of sp³-hybridized carbons (Fsp3) is 0.667. The van der Waals surface area contributed by atoms with Crippen LogP contribution >= 0.6 is 0 Å². The van der Waals surface area contributed by atoms with Crippen LogP contribution in [0.2, 0.25) is 0 Å². The molecule has 3 heterocycles. The molecule has 2 aliphatic heterocycles. The summed E-state index contributed by atoms with van der Waals surface area (Å²) in [6.07, 6.45) is 2.53. The van der Waals surface area contributed by atoms with E-state index in [4.69, 9.17) is 9.47 Å². The van der Waals surface area contributed by atoms with Gasteiger partial charge < -0.3 is 19.7 Å². The Kier molecular flexibility index (Phi) is 8.00. The van der Waals surface area contributed by atoms with Gasteiger partial charge in [-0.1, -0.05) is 40.2 Å². The van der Waals surface area contributed by atoms with E-state index in [1.54, 1.807) is 27.0 Å². The first-order chi connectivity index (χ1) is 15.9. The maximum atomic E-state index is 13.2. The molecule has 0 amide bonds. The Balaban J connectivity index is 1.90. The molecule has 0 bridgehead atoms. The normalized spacial score (nSPS) is 37.7. The van der Waals surface area contributed by atoms with E-state index in [9.17, 15) is 19.8 Å². The minimum atomic E-state index is -1.24. The maximum Gasteiger partial charge on any atom is 0.309 e. The van der Waals surface area contributed by atoms with Crippen LogP contribution in [0, 0.1) is 17.3 Å². The summed E-state index contributed by atoms with van der Waals surface area (Å²) in [4.78, 5) is 30.4. The Morgan fingerprint density at radius 3 is 2.53 bits per heavy atom. The van der Waals surface area contributed by atoms with Gasteiger partial charge in [0, 0.05) is 12.1 Å². The topological polar surface area (TPSA) is 109 Å². The molecule has 1 aromatic heterocycles. The lowest BCUT2D eigenvalue weighted by molar-refractivity contribution is -0.154. The zero-order valence-electron chi connectivity index (χ0n) is 21.2. The number of hydrogen-bond acceptors (Lipinski definition) is 7. The first kappa shape index (κ1) is 26.5. The first-order valence-corrected chi connectivity index (χ1v) is 12.2. The highest BCUT2D eigenvalue weighted by Gasteiger charge is 2.57. The van der Waals surface area contributed by atoms with Crippen molar-refractivity contribution in [3.05, 3.63) is 35.7 Å². The second-order valence-electron chi connectivity index (χ2n) is 10.9. The number of ketones is 1. The molecule has 3 rings (SSSR count). The number of nitrogens with zero attached hydrogens (tertiary/aromatic N) is 1. The number of aliphatic hydroxyl groups is 2. The number of ether oxygens (including phenoxy) is 2. The fourth-order valence-electron chi connectivity index (χ4n) is 4.96. The predicted octanol–water partition coefficient (Wildman–Crippen LogP) is 3.72. The van der Waals surface area contributed by atoms with Crippen molar-refractivity contribution >= 4 is 17.8 Å². The van der Waals surface area contributed by atoms with Gasteiger partial charge in [0.05, 0.1) is 35.3 Å². The monoisotopic (exact) mass is 473 g/mol. The van der Waals surface area contributed by atoms with Crippen molar-refractivity contribution in [3.63, 3.8) is 0 Å². The van der Waals surface area contributed by atoms with Crippen molar-refractivity contribution < 1.29 is 29.3 Å². The molecule has 2 aliphatic rings. The molecule has 0 radical (unpaired) electrons. The van der Waals surface area contributed by atoms with Crippen LogP contribution in [0.3, 0.4) is 0 Å². The van der Waals surface area contributed by atoms with Crippen molar-refractivity contribution in [1.29, 1.82) is 0 Å². The smallest absolute Gasteiger partial charge is 0.309 e. The summed E-state index contributed by atoms with van der Waals surface area (Å²) in [6, 6.07) is 5.59. The Hall–Kier alpha value is -2.09. The van der Waals surface area contributed by atoms with Gasteiger partial charge in [-0.3, -0.25) is 14.6 Å². The largest absolute Gasteiger partial charge is 0.455 e. The molecule has 188 valence electrons. The molecule has 7 unspecified atom stereocenters. The molecule has 7 heteroatoms. The molecule has 34 heavy (non-hydrogen) atoms. The lowest BCUT2D eigenvalue weighted by atomic mass is 9.73. The minimum absolute atomic E-state index is 0.0858. The van der Waals surface area contributed by atoms with Crippen molar-refractivity contribution in [2.45, 2.75) is 97.2 Å². The van der Waals surface area contributed by atoms with Gasteiger partial charge in [-0.25, -0.2) is 0 Å². The molecule has 0 saturated carbocycles. The van der Waals surface area contributed by atoms with Crippen LogP contribution in [-0.4, -0.2) is 57.0 Å². The summed E-state index contributed by atoms with van der Waals surface area (Å²) in [7, 11) is 0. The highest BCUT2D eigenvalue weighted by molar-refractivity contribution is 5.88. The number of esters is 1. The van der Waals surface area contributed by atoms with Crippen LogP contribution in [-0.2, 0) is 19.1 Å². The summed E-state index contributed by atoms with van der Waals surface area (Å²) >= 11 is 0. The van der Waals surface area contributed by atoms with Crippen molar-refractivity contribution in [2.24, 2.45) is 17.3 Å². The number of aromatic nitrogens is 1. The van der Waals surface area contributed by atoms with E-state index in [1.807, 2.05) is 45.0 Å². The third-order valence-corrected chi connectivity index (χ3v) is 7.66. The van der Waals surface area contributed by atoms with Crippen LogP contribution in [0.1, 0.15) is 72.9 Å². The Morgan fingerprint density at radius 2 is 1.88 bits per heavy atom. The van der Waals surface area contributed by atoms with Gasteiger partial charge in [0.2, 0.25) is 0 Å². The van der Waals surface area contributed by atoms with Gasteiger partial charge in [0.15, 0.2) is 6.10 Å². The third kappa shape index (κ3) is 5.75. The average Bonchev–Trinajstić information content (AvgIpc) is 3.46. The lowest BCUT2D eigenvalue weighted by Gasteiger charge is -2.34. The molecule has 2 fully saturated rings. The number of carbonyl (C=O) groups is 2. The lowest BCUT2D eigenvalue weighted by Crippen LogP contribution is -2.45. The van der Waals surface area contributed by atoms with Gasteiger partial charge in [-0.05, 0) is 56.4 Å². The van der Waals surface area contributed by atoms with Crippen molar-refractivity contribution in [3.8, 4) is 0 Å². The van der Waals surface area contributed by atoms with E-state index in [0.29, 0.717) is 0 Å². The van der Waals surface area contributed by atoms with E-state index < -0.39 is 41.2 Å². The molecule has 7 atom stereocenters. The van der Waals surface area contributed by atoms with Crippen molar-refractivity contribution in [1.82, 2.24) is 4.98 Å². The summed E-state index contributed by atoms with van der Waals surface area (Å²) in [5.74, 6) is -1.60. The van der Waals surface area contributed by atoms with Gasteiger partial charge in [0.25, 0.3) is 0 Å². The number of carbonyl (C=O) groups excluding carboxylic acids is 2. The molecular weight excluding hydrogens is 434 g/mol. The minimum Gasteiger partial charge on any atom is -0.455 e. The number of fused-ring (bicyclic) bond motifs is 1. The summed E-state index contributed by atoms with van der Waals surface area (Å²) < 4.78 is 11.9. The maximum absolute atomic E-state index is 13.2. The number of pyridine rings is 1. The van der Waals surface area contributed by atoms with E-state index in [2.05, 4.69) is 4.98 Å². The SMILES string of the molecule is CC(=Cc1ccccn1)C1OC(=O)CC(O)C(C)(C)C(=O)C(C)C(O)C(C)CCCC2(C)OC12. The number of hydrogen-bond donors (Lipinski definition) is 2. The average molecular weight is 474 g/mol. The van der Waals surface area contributed by atoms with E-state index in [1.165, 1.54) is 0 Å². The predicted molar refractivity (Wildman–Crippen MR) is 129 cm³/mol. The molecule has 2 N–H and O–H groups in total. The first-order valence-electron chi connectivity index (χ1n) is 12.2. The number of cyclic esters (lactones) is 1. The summed E-state index contributed by atoms with van der Waals surface area (Å²) in [6.45, 7) is 10.8. The standard InChI is InChI=1S/C27H39NO6/c1-16-10-9-12-27(6)25(34-27)23(17(2)14-19-11-7-8-13-28-19)33-21(30)15-20(29)26(4,5)24(32)18(3)22(16)31/h7-8,11,13-14,16,18,20,22-23,25,29,31H,9-10,12,15H2,1-6H3. The van der Waals surface area contributed by atoms with E-state index in [0.717, 1.165) is 30.5 Å².